The predicted molar refractivity (Wildman–Crippen MR) is 99.8 cm³/mol. The third-order valence-corrected chi connectivity index (χ3v) is 4.49. The average Bonchev–Trinajstić information content (AvgIpc) is 3.26. The van der Waals surface area contributed by atoms with Gasteiger partial charge < -0.3 is 23.7 Å². The third kappa shape index (κ3) is 4.31. The summed E-state index contributed by atoms with van der Waals surface area (Å²) in [5.74, 6) is 1.15. The first kappa shape index (κ1) is 18.6. The summed E-state index contributed by atoms with van der Waals surface area (Å²) < 4.78 is 15.5. The predicted octanol–water partition coefficient (Wildman–Crippen LogP) is 2.29. The van der Waals surface area contributed by atoms with Gasteiger partial charge in [0, 0.05) is 43.9 Å². The molecule has 0 N–H and O–H groups in total. The van der Waals surface area contributed by atoms with Crippen molar-refractivity contribution in [1.82, 2.24) is 9.80 Å². The van der Waals surface area contributed by atoms with Gasteiger partial charge in [-0.1, -0.05) is 0 Å². The van der Waals surface area contributed by atoms with E-state index in [9.17, 15) is 9.59 Å². The number of carbonyl (C=O) groups excluding carboxylic acids is 2. The second-order valence-corrected chi connectivity index (χ2v) is 6.07. The second kappa shape index (κ2) is 8.44. The molecule has 0 spiro atoms. The molecule has 0 bridgehead atoms. The van der Waals surface area contributed by atoms with Crippen LogP contribution in [-0.4, -0.2) is 62.0 Å². The fourth-order valence-corrected chi connectivity index (χ4v) is 2.92. The molecule has 1 fully saturated rings. The van der Waals surface area contributed by atoms with E-state index in [1.54, 1.807) is 42.2 Å². The summed E-state index contributed by atoms with van der Waals surface area (Å²) in [6.07, 6.45) is 6.16. The molecule has 0 saturated carbocycles. The number of piperazine rings is 1. The van der Waals surface area contributed by atoms with Gasteiger partial charge in [-0.05, 0) is 24.3 Å². The Bertz CT molecular complexity index is 821. The molecule has 0 radical (unpaired) electrons. The largest absolute Gasteiger partial charge is 0.497 e. The molecule has 1 aliphatic rings. The van der Waals surface area contributed by atoms with Crippen LogP contribution in [0.5, 0.6) is 11.5 Å². The zero-order valence-electron chi connectivity index (χ0n) is 15.4. The maximum Gasteiger partial charge on any atom is 0.257 e. The Morgan fingerprint density at radius 2 is 1.78 bits per heavy atom. The average molecular weight is 370 g/mol. The first-order chi connectivity index (χ1) is 13.1. The molecule has 2 aromatic rings. The van der Waals surface area contributed by atoms with Crippen LogP contribution in [0.25, 0.3) is 6.08 Å². The third-order valence-electron chi connectivity index (χ3n) is 4.49. The highest BCUT2D eigenvalue weighted by Gasteiger charge is 2.24. The number of ether oxygens (including phenoxy) is 2. The lowest BCUT2D eigenvalue weighted by Crippen LogP contribution is -2.50. The highest BCUT2D eigenvalue weighted by Crippen LogP contribution is 2.25. The van der Waals surface area contributed by atoms with Gasteiger partial charge in [0.25, 0.3) is 5.91 Å². The van der Waals surface area contributed by atoms with Gasteiger partial charge in [0.2, 0.25) is 5.91 Å². The highest BCUT2D eigenvalue weighted by atomic mass is 16.5. The molecule has 1 aromatic heterocycles. The fourth-order valence-electron chi connectivity index (χ4n) is 2.92. The molecule has 0 aliphatic carbocycles. The Balaban J connectivity index is 1.58. The van der Waals surface area contributed by atoms with Gasteiger partial charge >= 0.3 is 0 Å². The molecular weight excluding hydrogens is 348 g/mol. The van der Waals surface area contributed by atoms with Crippen molar-refractivity contribution in [2.75, 3.05) is 40.4 Å². The van der Waals surface area contributed by atoms with Crippen molar-refractivity contribution in [2.24, 2.45) is 0 Å². The summed E-state index contributed by atoms with van der Waals surface area (Å²) in [6, 6.07) is 7.06. The van der Waals surface area contributed by atoms with Crippen LogP contribution >= 0.6 is 0 Å². The number of furan rings is 1. The van der Waals surface area contributed by atoms with Gasteiger partial charge in [-0.3, -0.25) is 9.59 Å². The summed E-state index contributed by atoms with van der Waals surface area (Å²) in [6.45, 7) is 1.98. The molecule has 3 rings (SSSR count). The van der Waals surface area contributed by atoms with E-state index in [0.717, 1.165) is 5.56 Å². The van der Waals surface area contributed by atoms with E-state index in [1.165, 1.54) is 18.6 Å². The lowest BCUT2D eigenvalue weighted by molar-refractivity contribution is -0.127. The summed E-state index contributed by atoms with van der Waals surface area (Å²) in [5.41, 5.74) is 1.32. The van der Waals surface area contributed by atoms with Crippen molar-refractivity contribution >= 4 is 17.9 Å². The van der Waals surface area contributed by atoms with Crippen LogP contribution in [0.15, 0.2) is 47.3 Å². The van der Waals surface area contributed by atoms with Crippen molar-refractivity contribution in [3.05, 3.63) is 54.0 Å². The highest BCUT2D eigenvalue weighted by molar-refractivity contribution is 5.95. The van der Waals surface area contributed by atoms with Gasteiger partial charge in [-0.25, -0.2) is 0 Å². The van der Waals surface area contributed by atoms with Crippen LogP contribution < -0.4 is 9.47 Å². The number of rotatable bonds is 5. The Kier molecular flexibility index (Phi) is 5.80. The molecule has 7 heteroatoms. The van der Waals surface area contributed by atoms with E-state index in [2.05, 4.69) is 0 Å². The van der Waals surface area contributed by atoms with Crippen molar-refractivity contribution in [3.63, 3.8) is 0 Å². The minimum Gasteiger partial charge on any atom is -0.497 e. The standard InChI is InChI=1S/C20H22N2O5/c1-25-17-5-3-15(18(13-17)26-2)4-6-19(23)21-8-10-22(11-9-21)20(24)16-7-12-27-14-16/h3-7,12-14H,8-11H2,1-2H3/b6-4+. The molecule has 2 heterocycles. The van der Waals surface area contributed by atoms with E-state index >= 15 is 0 Å². The number of methoxy groups -OCH3 is 2. The summed E-state index contributed by atoms with van der Waals surface area (Å²) in [7, 11) is 3.16. The first-order valence-corrected chi connectivity index (χ1v) is 8.63. The minimum absolute atomic E-state index is 0.0747. The van der Waals surface area contributed by atoms with Gasteiger partial charge in [0.15, 0.2) is 0 Å². The van der Waals surface area contributed by atoms with E-state index in [-0.39, 0.29) is 11.8 Å². The Hall–Kier alpha value is -3.22. The second-order valence-electron chi connectivity index (χ2n) is 6.07. The topological polar surface area (TPSA) is 72.2 Å². The van der Waals surface area contributed by atoms with Gasteiger partial charge in [0.05, 0.1) is 26.0 Å². The Labute approximate surface area is 157 Å². The number of benzene rings is 1. The molecule has 1 saturated heterocycles. The maximum absolute atomic E-state index is 12.5. The Morgan fingerprint density at radius 1 is 1.04 bits per heavy atom. The van der Waals surface area contributed by atoms with Gasteiger partial charge in [-0.2, -0.15) is 0 Å². The molecule has 7 nitrogen and oxygen atoms in total. The lowest BCUT2D eigenvalue weighted by Gasteiger charge is -2.34. The van der Waals surface area contributed by atoms with E-state index in [0.29, 0.717) is 43.2 Å². The van der Waals surface area contributed by atoms with Crippen LogP contribution in [0.4, 0.5) is 0 Å². The zero-order valence-corrected chi connectivity index (χ0v) is 15.4. The van der Waals surface area contributed by atoms with Crippen LogP contribution in [0.1, 0.15) is 15.9 Å². The van der Waals surface area contributed by atoms with Crippen molar-refractivity contribution in [2.45, 2.75) is 0 Å². The molecule has 2 amide bonds. The summed E-state index contributed by atoms with van der Waals surface area (Å²) >= 11 is 0. The number of hydrogen-bond donors (Lipinski definition) is 0. The summed E-state index contributed by atoms with van der Waals surface area (Å²) in [5, 5.41) is 0. The number of carbonyl (C=O) groups is 2. The first-order valence-electron chi connectivity index (χ1n) is 8.63. The molecule has 0 atom stereocenters. The van der Waals surface area contributed by atoms with Crippen LogP contribution in [-0.2, 0) is 4.79 Å². The van der Waals surface area contributed by atoms with E-state index in [1.807, 2.05) is 12.1 Å². The van der Waals surface area contributed by atoms with Crippen LogP contribution in [0, 0.1) is 0 Å². The molecule has 27 heavy (non-hydrogen) atoms. The number of hydrogen-bond acceptors (Lipinski definition) is 5. The SMILES string of the molecule is COc1ccc(/C=C/C(=O)N2CCN(C(=O)c3ccoc3)CC2)c(OC)c1. The quantitative estimate of drug-likeness (QED) is 0.755. The molecule has 1 aliphatic heterocycles. The number of amides is 2. The molecular formula is C20H22N2O5. The summed E-state index contributed by atoms with van der Waals surface area (Å²) in [4.78, 5) is 28.2. The monoisotopic (exact) mass is 370 g/mol. The smallest absolute Gasteiger partial charge is 0.257 e. The van der Waals surface area contributed by atoms with Gasteiger partial charge in [0.1, 0.15) is 17.8 Å². The van der Waals surface area contributed by atoms with Crippen molar-refractivity contribution < 1.29 is 23.5 Å². The van der Waals surface area contributed by atoms with E-state index in [4.69, 9.17) is 13.9 Å². The number of nitrogens with zero attached hydrogens (tertiary/aromatic N) is 2. The zero-order chi connectivity index (χ0) is 19.2. The van der Waals surface area contributed by atoms with Crippen LogP contribution in [0.3, 0.4) is 0 Å². The lowest BCUT2D eigenvalue weighted by atomic mass is 10.1. The Morgan fingerprint density at radius 3 is 2.41 bits per heavy atom. The molecule has 1 aromatic carbocycles. The van der Waals surface area contributed by atoms with Crippen LogP contribution in [0.2, 0.25) is 0 Å². The minimum atomic E-state index is -0.0942. The normalized spacial score (nSPS) is 14.4. The van der Waals surface area contributed by atoms with E-state index < -0.39 is 0 Å². The fraction of sp³-hybridized carbons (Fsp3) is 0.300. The van der Waals surface area contributed by atoms with Gasteiger partial charge in [-0.15, -0.1) is 0 Å². The molecule has 142 valence electrons. The molecule has 0 unspecified atom stereocenters. The van der Waals surface area contributed by atoms with Crippen molar-refractivity contribution in [1.29, 1.82) is 0 Å². The van der Waals surface area contributed by atoms with Crippen molar-refractivity contribution in [3.8, 4) is 11.5 Å². The maximum atomic E-state index is 12.5.